The quantitative estimate of drug-likeness (QED) is 0.905. The van der Waals surface area contributed by atoms with Crippen molar-refractivity contribution in [3.8, 4) is 5.75 Å². The molecule has 1 saturated heterocycles. The summed E-state index contributed by atoms with van der Waals surface area (Å²) in [6, 6.07) is 7.83. The highest BCUT2D eigenvalue weighted by atomic mass is 79.9. The molecule has 0 radical (unpaired) electrons. The minimum absolute atomic E-state index is 0.447. The summed E-state index contributed by atoms with van der Waals surface area (Å²) in [7, 11) is 0. The fraction of sp³-hybridized carbons (Fsp3) is 0.538. The molecule has 17 heavy (non-hydrogen) atoms. The smallest absolute Gasteiger partial charge is 0.119 e. The van der Waals surface area contributed by atoms with Gasteiger partial charge in [-0.05, 0) is 30.7 Å². The van der Waals surface area contributed by atoms with E-state index < -0.39 is 5.60 Å². The second-order valence-electron chi connectivity index (χ2n) is 4.59. The Bertz CT molecular complexity index is 360. The second-order valence-corrected chi connectivity index (χ2v) is 5.51. The predicted octanol–water partition coefficient (Wildman–Crippen LogP) is 2.28. The summed E-state index contributed by atoms with van der Waals surface area (Å²) in [6.07, 6.45) is 0.830. The van der Waals surface area contributed by atoms with E-state index in [0.717, 1.165) is 36.3 Å². The van der Waals surface area contributed by atoms with E-state index in [1.807, 2.05) is 31.2 Å². The summed E-state index contributed by atoms with van der Waals surface area (Å²) in [4.78, 5) is 2.21. The van der Waals surface area contributed by atoms with Gasteiger partial charge in [0.2, 0.25) is 0 Å². The van der Waals surface area contributed by atoms with Crippen LogP contribution in [0.2, 0.25) is 0 Å². The van der Waals surface area contributed by atoms with Crippen LogP contribution < -0.4 is 4.74 Å². The lowest BCUT2D eigenvalue weighted by Crippen LogP contribution is -2.61. The van der Waals surface area contributed by atoms with Crippen molar-refractivity contribution in [1.82, 2.24) is 4.90 Å². The van der Waals surface area contributed by atoms with Crippen molar-refractivity contribution < 1.29 is 9.84 Å². The number of ether oxygens (including phenoxy) is 1. The first-order chi connectivity index (χ1) is 8.11. The van der Waals surface area contributed by atoms with E-state index >= 15 is 0 Å². The number of hydrogen-bond donors (Lipinski definition) is 1. The van der Waals surface area contributed by atoms with Crippen molar-refractivity contribution in [2.45, 2.75) is 18.9 Å². The Morgan fingerprint density at radius 1 is 1.35 bits per heavy atom. The molecule has 0 spiro atoms. The first-order valence-corrected chi connectivity index (χ1v) is 6.74. The zero-order valence-corrected chi connectivity index (χ0v) is 11.6. The van der Waals surface area contributed by atoms with Gasteiger partial charge in [0.1, 0.15) is 12.4 Å². The van der Waals surface area contributed by atoms with Crippen LogP contribution >= 0.6 is 15.9 Å². The first-order valence-electron chi connectivity index (χ1n) is 5.94. The SMILES string of the molecule is CCC1(O)CN(CCOc2ccc(Br)cc2)C1. The molecule has 1 aromatic rings. The van der Waals surface area contributed by atoms with E-state index in [0.29, 0.717) is 6.61 Å². The lowest BCUT2D eigenvalue weighted by molar-refractivity contribution is -0.102. The standard InChI is InChI=1S/C13H18BrNO2/c1-2-13(16)9-15(10-13)7-8-17-12-5-3-11(14)4-6-12/h3-6,16H,2,7-10H2,1H3. The summed E-state index contributed by atoms with van der Waals surface area (Å²) in [5.74, 6) is 0.888. The maximum atomic E-state index is 9.85. The summed E-state index contributed by atoms with van der Waals surface area (Å²) >= 11 is 3.39. The van der Waals surface area contributed by atoms with Gasteiger partial charge in [0.05, 0.1) is 5.60 Å². The number of β-amino-alcohol motifs (C(OH)–C–C–N with tert-alkyl or cyclic N) is 1. The third-order valence-electron chi connectivity index (χ3n) is 3.18. The van der Waals surface area contributed by atoms with Crippen LogP contribution in [0, 0.1) is 0 Å². The maximum Gasteiger partial charge on any atom is 0.119 e. The lowest BCUT2D eigenvalue weighted by atomic mass is 9.91. The summed E-state index contributed by atoms with van der Waals surface area (Å²) < 4.78 is 6.68. The average molecular weight is 300 g/mol. The zero-order valence-electron chi connectivity index (χ0n) is 10.0. The molecule has 3 nitrogen and oxygen atoms in total. The first kappa shape index (κ1) is 12.9. The van der Waals surface area contributed by atoms with Crippen molar-refractivity contribution in [2.24, 2.45) is 0 Å². The van der Waals surface area contributed by atoms with Gasteiger partial charge in [-0.2, -0.15) is 0 Å². The zero-order chi connectivity index (χ0) is 12.3. The van der Waals surface area contributed by atoms with E-state index in [-0.39, 0.29) is 0 Å². The monoisotopic (exact) mass is 299 g/mol. The van der Waals surface area contributed by atoms with E-state index in [4.69, 9.17) is 4.74 Å². The molecule has 0 saturated carbocycles. The number of aliphatic hydroxyl groups is 1. The van der Waals surface area contributed by atoms with Crippen molar-refractivity contribution >= 4 is 15.9 Å². The molecule has 94 valence electrons. The van der Waals surface area contributed by atoms with E-state index in [1.54, 1.807) is 0 Å². The third-order valence-corrected chi connectivity index (χ3v) is 3.71. The Morgan fingerprint density at radius 3 is 2.59 bits per heavy atom. The van der Waals surface area contributed by atoms with Gasteiger partial charge < -0.3 is 9.84 Å². The number of nitrogens with zero attached hydrogens (tertiary/aromatic N) is 1. The molecule has 1 aliphatic heterocycles. The van der Waals surface area contributed by atoms with Gasteiger partial charge in [0, 0.05) is 24.1 Å². The molecular formula is C13H18BrNO2. The number of hydrogen-bond acceptors (Lipinski definition) is 3. The lowest BCUT2D eigenvalue weighted by Gasteiger charge is -2.46. The van der Waals surface area contributed by atoms with Gasteiger partial charge in [-0.15, -0.1) is 0 Å². The normalized spacial score (nSPS) is 18.8. The van der Waals surface area contributed by atoms with Crippen molar-refractivity contribution in [1.29, 1.82) is 0 Å². The summed E-state index contributed by atoms with van der Waals surface area (Å²) in [5, 5.41) is 9.85. The van der Waals surface area contributed by atoms with Gasteiger partial charge >= 0.3 is 0 Å². The molecule has 0 unspecified atom stereocenters. The van der Waals surface area contributed by atoms with Gasteiger partial charge in [-0.25, -0.2) is 0 Å². The van der Waals surface area contributed by atoms with Crippen LogP contribution in [0.5, 0.6) is 5.75 Å². The van der Waals surface area contributed by atoms with Gasteiger partial charge in [-0.3, -0.25) is 4.90 Å². The van der Waals surface area contributed by atoms with Gasteiger partial charge in [0.15, 0.2) is 0 Å². The molecule has 0 atom stereocenters. The summed E-state index contributed by atoms with van der Waals surface area (Å²) in [5.41, 5.74) is -0.447. The average Bonchev–Trinajstić information content (AvgIpc) is 2.29. The van der Waals surface area contributed by atoms with Crippen LogP contribution in [0.4, 0.5) is 0 Å². The number of rotatable bonds is 5. The minimum atomic E-state index is -0.447. The third kappa shape index (κ3) is 3.44. The fourth-order valence-corrected chi connectivity index (χ4v) is 2.26. The molecule has 1 heterocycles. The van der Waals surface area contributed by atoms with E-state index in [1.165, 1.54) is 0 Å². The van der Waals surface area contributed by atoms with Gasteiger partial charge in [0.25, 0.3) is 0 Å². The van der Waals surface area contributed by atoms with Crippen LogP contribution in [0.1, 0.15) is 13.3 Å². The predicted molar refractivity (Wildman–Crippen MR) is 71.3 cm³/mol. The Kier molecular flexibility index (Phi) is 4.07. The van der Waals surface area contributed by atoms with Crippen molar-refractivity contribution in [3.05, 3.63) is 28.7 Å². The molecule has 1 fully saturated rings. The van der Waals surface area contributed by atoms with Crippen LogP contribution in [0.25, 0.3) is 0 Å². The summed E-state index contributed by atoms with van der Waals surface area (Å²) in [6.45, 7) is 5.11. The minimum Gasteiger partial charge on any atom is -0.492 e. The highest BCUT2D eigenvalue weighted by Gasteiger charge is 2.38. The molecule has 1 aliphatic rings. The van der Waals surface area contributed by atoms with Crippen LogP contribution in [-0.4, -0.2) is 41.8 Å². The fourth-order valence-electron chi connectivity index (χ4n) is 1.99. The van der Waals surface area contributed by atoms with Crippen molar-refractivity contribution in [3.63, 3.8) is 0 Å². The molecular weight excluding hydrogens is 282 g/mol. The molecule has 0 aromatic heterocycles. The molecule has 1 N–H and O–H groups in total. The second kappa shape index (κ2) is 5.38. The molecule has 0 amide bonds. The highest BCUT2D eigenvalue weighted by Crippen LogP contribution is 2.23. The van der Waals surface area contributed by atoms with Crippen LogP contribution in [-0.2, 0) is 0 Å². The molecule has 2 rings (SSSR count). The maximum absolute atomic E-state index is 9.85. The molecule has 1 aromatic carbocycles. The van der Waals surface area contributed by atoms with Crippen molar-refractivity contribution in [2.75, 3.05) is 26.2 Å². The molecule has 0 bridgehead atoms. The van der Waals surface area contributed by atoms with Gasteiger partial charge in [-0.1, -0.05) is 22.9 Å². The number of likely N-dealkylation sites (tertiary alicyclic amines) is 1. The Morgan fingerprint density at radius 2 is 2.00 bits per heavy atom. The molecule has 0 aliphatic carbocycles. The van der Waals surface area contributed by atoms with E-state index in [2.05, 4.69) is 20.8 Å². The Labute approximate surface area is 111 Å². The van der Waals surface area contributed by atoms with E-state index in [9.17, 15) is 5.11 Å². The van der Waals surface area contributed by atoms with Crippen LogP contribution in [0.3, 0.4) is 0 Å². The number of halogens is 1. The largest absolute Gasteiger partial charge is 0.492 e. The van der Waals surface area contributed by atoms with Crippen LogP contribution in [0.15, 0.2) is 28.7 Å². The number of benzene rings is 1. The Balaban J connectivity index is 1.66. The topological polar surface area (TPSA) is 32.7 Å². The molecule has 4 heteroatoms. The Hall–Kier alpha value is -0.580. The highest BCUT2D eigenvalue weighted by molar-refractivity contribution is 9.10.